The molecule has 1 saturated carbocycles. The molecule has 3 atom stereocenters. The highest BCUT2D eigenvalue weighted by Gasteiger charge is 2.49. The van der Waals surface area contributed by atoms with Gasteiger partial charge in [0.2, 0.25) is 0 Å². The molecular formula is C18H33NO2. The fourth-order valence-electron chi connectivity index (χ4n) is 4.88. The van der Waals surface area contributed by atoms with Crippen LogP contribution in [0.5, 0.6) is 0 Å². The summed E-state index contributed by atoms with van der Waals surface area (Å²) in [5.41, 5.74) is -0.556. The number of nitrogens with zero attached hydrogens (tertiary/aromatic N) is 1. The van der Waals surface area contributed by atoms with E-state index in [0.29, 0.717) is 6.04 Å². The third-order valence-corrected chi connectivity index (χ3v) is 5.60. The van der Waals surface area contributed by atoms with Crippen LogP contribution in [-0.4, -0.2) is 34.1 Å². The van der Waals surface area contributed by atoms with Crippen LogP contribution in [-0.2, 0) is 4.79 Å². The zero-order chi connectivity index (χ0) is 15.5. The van der Waals surface area contributed by atoms with Gasteiger partial charge in [0.15, 0.2) is 0 Å². The molecule has 2 aliphatic rings. The Morgan fingerprint density at radius 2 is 2.10 bits per heavy atom. The van der Waals surface area contributed by atoms with Crippen molar-refractivity contribution in [2.24, 2.45) is 11.8 Å². The molecule has 1 heterocycles. The van der Waals surface area contributed by atoms with E-state index in [1.165, 1.54) is 32.1 Å². The average Bonchev–Trinajstić information content (AvgIpc) is 2.84. The van der Waals surface area contributed by atoms with E-state index in [1.54, 1.807) is 0 Å². The number of carboxylic acids is 1. The molecule has 0 radical (unpaired) electrons. The molecule has 1 aliphatic heterocycles. The Morgan fingerprint density at radius 3 is 2.71 bits per heavy atom. The van der Waals surface area contributed by atoms with Crippen LogP contribution in [0.3, 0.4) is 0 Å². The van der Waals surface area contributed by atoms with Crippen molar-refractivity contribution in [3.05, 3.63) is 0 Å². The second-order valence-corrected chi connectivity index (χ2v) is 7.70. The van der Waals surface area contributed by atoms with Gasteiger partial charge in [0.05, 0.1) is 0 Å². The third-order valence-electron chi connectivity index (χ3n) is 5.60. The minimum absolute atomic E-state index is 0.507. The predicted molar refractivity (Wildman–Crippen MR) is 86.4 cm³/mol. The summed E-state index contributed by atoms with van der Waals surface area (Å²) in [4.78, 5) is 14.4. The van der Waals surface area contributed by atoms with Crippen LogP contribution in [0.2, 0.25) is 0 Å². The molecule has 1 aliphatic carbocycles. The minimum atomic E-state index is -0.576. The monoisotopic (exact) mass is 295 g/mol. The predicted octanol–water partition coefficient (Wildman–Crippen LogP) is 4.31. The Kier molecular flexibility index (Phi) is 5.70. The average molecular weight is 295 g/mol. The van der Waals surface area contributed by atoms with E-state index < -0.39 is 11.5 Å². The molecule has 0 amide bonds. The van der Waals surface area contributed by atoms with E-state index >= 15 is 0 Å². The van der Waals surface area contributed by atoms with Crippen molar-refractivity contribution in [1.82, 2.24) is 4.90 Å². The lowest BCUT2D eigenvalue weighted by molar-refractivity contribution is -0.152. The number of carbonyl (C=O) groups is 1. The number of likely N-dealkylation sites (tertiary alicyclic amines) is 1. The van der Waals surface area contributed by atoms with Crippen molar-refractivity contribution in [3.8, 4) is 0 Å². The molecular weight excluding hydrogens is 262 g/mol. The molecule has 3 nitrogen and oxygen atoms in total. The number of aliphatic carboxylic acids is 1. The van der Waals surface area contributed by atoms with Gasteiger partial charge in [-0.25, -0.2) is 0 Å². The molecule has 0 aromatic heterocycles. The molecule has 1 N–H and O–H groups in total. The summed E-state index contributed by atoms with van der Waals surface area (Å²) in [6.07, 6.45) is 10.0. The van der Waals surface area contributed by atoms with E-state index in [0.717, 1.165) is 44.1 Å². The standard InChI is InChI=1S/C18H33NO2/c1-4-9-18(17(20)21)10-6-11-19(18)16-8-5-7-15(13-16)12-14(2)3/h14-16H,4-13H2,1-3H3,(H,20,21). The Morgan fingerprint density at radius 1 is 1.33 bits per heavy atom. The van der Waals surface area contributed by atoms with E-state index in [2.05, 4.69) is 25.7 Å². The Balaban J connectivity index is 2.09. The number of carboxylic acid groups (broad SMARTS) is 1. The molecule has 21 heavy (non-hydrogen) atoms. The highest BCUT2D eigenvalue weighted by Crippen LogP contribution is 2.41. The van der Waals surface area contributed by atoms with Gasteiger partial charge in [0, 0.05) is 6.04 Å². The largest absolute Gasteiger partial charge is 0.480 e. The van der Waals surface area contributed by atoms with Gasteiger partial charge in [-0.05, 0) is 56.9 Å². The van der Waals surface area contributed by atoms with E-state index in [-0.39, 0.29) is 0 Å². The zero-order valence-electron chi connectivity index (χ0n) is 14.1. The van der Waals surface area contributed by atoms with Crippen molar-refractivity contribution in [3.63, 3.8) is 0 Å². The summed E-state index contributed by atoms with van der Waals surface area (Å²) in [5.74, 6) is 0.984. The van der Waals surface area contributed by atoms with Gasteiger partial charge in [-0.15, -0.1) is 0 Å². The van der Waals surface area contributed by atoms with E-state index in [1.807, 2.05) is 0 Å². The first-order valence-corrected chi connectivity index (χ1v) is 8.99. The van der Waals surface area contributed by atoms with Crippen LogP contribution in [0.4, 0.5) is 0 Å². The van der Waals surface area contributed by atoms with Crippen molar-refractivity contribution in [2.75, 3.05) is 6.54 Å². The van der Waals surface area contributed by atoms with Gasteiger partial charge >= 0.3 is 5.97 Å². The van der Waals surface area contributed by atoms with Gasteiger partial charge in [-0.2, -0.15) is 0 Å². The van der Waals surface area contributed by atoms with Crippen LogP contribution in [0.15, 0.2) is 0 Å². The lowest BCUT2D eigenvalue weighted by atomic mass is 9.79. The van der Waals surface area contributed by atoms with E-state index in [9.17, 15) is 9.90 Å². The SMILES string of the molecule is CCCC1(C(=O)O)CCCN1C1CCCC(CC(C)C)C1. The van der Waals surface area contributed by atoms with Gasteiger partial charge in [0.1, 0.15) is 5.54 Å². The lowest BCUT2D eigenvalue weighted by Gasteiger charge is -2.43. The molecule has 0 aromatic carbocycles. The third kappa shape index (κ3) is 3.61. The maximum absolute atomic E-state index is 12.0. The number of hydrogen-bond acceptors (Lipinski definition) is 2. The van der Waals surface area contributed by atoms with E-state index in [4.69, 9.17) is 0 Å². The molecule has 0 spiro atoms. The Hall–Kier alpha value is -0.570. The fourth-order valence-corrected chi connectivity index (χ4v) is 4.88. The summed E-state index contributed by atoms with van der Waals surface area (Å²) in [6.45, 7) is 7.71. The highest BCUT2D eigenvalue weighted by molar-refractivity contribution is 5.79. The summed E-state index contributed by atoms with van der Waals surface area (Å²) >= 11 is 0. The van der Waals surface area contributed by atoms with Gasteiger partial charge in [-0.1, -0.05) is 40.0 Å². The van der Waals surface area contributed by atoms with Gasteiger partial charge < -0.3 is 5.11 Å². The maximum atomic E-state index is 12.0. The van der Waals surface area contributed by atoms with Crippen molar-refractivity contribution < 1.29 is 9.90 Å². The lowest BCUT2D eigenvalue weighted by Crippen LogP contribution is -2.55. The first kappa shape index (κ1) is 16.8. The zero-order valence-corrected chi connectivity index (χ0v) is 14.1. The van der Waals surface area contributed by atoms with Crippen LogP contribution < -0.4 is 0 Å². The van der Waals surface area contributed by atoms with Crippen molar-refractivity contribution >= 4 is 5.97 Å². The van der Waals surface area contributed by atoms with Crippen LogP contribution in [0.25, 0.3) is 0 Å². The highest BCUT2D eigenvalue weighted by atomic mass is 16.4. The normalized spacial score (nSPS) is 34.5. The Bertz CT molecular complexity index is 355. The molecule has 2 rings (SSSR count). The molecule has 2 fully saturated rings. The van der Waals surface area contributed by atoms with Gasteiger partial charge in [-0.3, -0.25) is 9.69 Å². The van der Waals surface area contributed by atoms with Crippen molar-refractivity contribution in [2.45, 2.75) is 90.1 Å². The summed E-state index contributed by atoms with van der Waals surface area (Å²) < 4.78 is 0. The first-order valence-electron chi connectivity index (χ1n) is 8.99. The molecule has 122 valence electrons. The maximum Gasteiger partial charge on any atom is 0.324 e. The first-order chi connectivity index (χ1) is 9.99. The second kappa shape index (κ2) is 7.13. The van der Waals surface area contributed by atoms with Crippen LogP contribution in [0, 0.1) is 11.8 Å². The quantitative estimate of drug-likeness (QED) is 0.793. The molecule has 3 unspecified atom stereocenters. The summed E-state index contributed by atoms with van der Waals surface area (Å²) in [7, 11) is 0. The summed E-state index contributed by atoms with van der Waals surface area (Å²) in [5, 5.41) is 9.87. The van der Waals surface area contributed by atoms with Crippen LogP contribution in [0.1, 0.15) is 78.6 Å². The number of rotatable bonds is 6. The molecule has 0 aromatic rings. The minimum Gasteiger partial charge on any atom is -0.480 e. The van der Waals surface area contributed by atoms with Crippen molar-refractivity contribution in [1.29, 1.82) is 0 Å². The summed E-state index contributed by atoms with van der Waals surface area (Å²) in [6, 6.07) is 0.507. The molecule has 3 heteroatoms. The number of hydrogen-bond donors (Lipinski definition) is 1. The Labute approximate surface area is 130 Å². The van der Waals surface area contributed by atoms with Crippen LogP contribution >= 0.6 is 0 Å². The molecule has 1 saturated heterocycles. The topological polar surface area (TPSA) is 40.5 Å². The fraction of sp³-hybridized carbons (Fsp3) is 0.944. The molecule has 0 bridgehead atoms. The van der Waals surface area contributed by atoms with Gasteiger partial charge in [0.25, 0.3) is 0 Å². The second-order valence-electron chi connectivity index (χ2n) is 7.70. The smallest absolute Gasteiger partial charge is 0.324 e.